The normalized spacial score (nSPS) is 12.9. The van der Waals surface area contributed by atoms with Gasteiger partial charge in [-0.2, -0.15) is 0 Å². The number of nitrogens with zero attached hydrogens (tertiary/aromatic N) is 4. The standard InChI is InChI=1S/C9H19N5O2/c1-8(10-4-6-15-2)9-11-12-13-14(9)5-7-16-3/h8,10H,4-7H2,1-3H3. The molecule has 0 radical (unpaired) electrons. The lowest BCUT2D eigenvalue weighted by Gasteiger charge is -2.12. The molecule has 1 N–H and O–H groups in total. The van der Waals surface area contributed by atoms with Crippen molar-refractivity contribution in [2.24, 2.45) is 0 Å². The predicted octanol–water partition coefficient (Wildman–Crippen LogP) is -0.383. The maximum Gasteiger partial charge on any atom is 0.168 e. The Balaban J connectivity index is 2.46. The molecule has 1 aromatic heterocycles. The van der Waals surface area contributed by atoms with Gasteiger partial charge in [0.2, 0.25) is 0 Å². The molecule has 7 nitrogen and oxygen atoms in total. The molecule has 0 aliphatic carbocycles. The largest absolute Gasteiger partial charge is 0.383 e. The Bertz CT molecular complexity index is 291. The minimum Gasteiger partial charge on any atom is -0.383 e. The van der Waals surface area contributed by atoms with E-state index in [0.717, 1.165) is 12.4 Å². The Morgan fingerprint density at radius 2 is 2.06 bits per heavy atom. The van der Waals surface area contributed by atoms with Crippen LogP contribution >= 0.6 is 0 Å². The number of methoxy groups -OCH3 is 2. The van der Waals surface area contributed by atoms with Crippen LogP contribution in [0.25, 0.3) is 0 Å². The summed E-state index contributed by atoms with van der Waals surface area (Å²) in [6, 6.07) is 0.0991. The van der Waals surface area contributed by atoms with Crippen molar-refractivity contribution in [3.8, 4) is 0 Å². The smallest absolute Gasteiger partial charge is 0.168 e. The highest BCUT2D eigenvalue weighted by Gasteiger charge is 2.13. The van der Waals surface area contributed by atoms with E-state index in [9.17, 15) is 0 Å². The summed E-state index contributed by atoms with van der Waals surface area (Å²) >= 11 is 0. The maximum atomic E-state index is 4.99. The molecule has 1 atom stereocenters. The summed E-state index contributed by atoms with van der Waals surface area (Å²) in [5.41, 5.74) is 0. The Hall–Kier alpha value is -1.05. The molecule has 0 amide bonds. The average molecular weight is 229 g/mol. The van der Waals surface area contributed by atoms with Crippen LogP contribution in [-0.2, 0) is 16.0 Å². The zero-order valence-corrected chi connectivity index (χ0v) is 10.0. The number of hydrogen-bond acceptors (Lipinski definition) is 6. The van der Waals surface area contributed by atoms with Crippen LogP contribution in [0.3, 0.4) is 0 Å². The Morgan fingerprint density at radius 1 is 1.31 bits per heavy atom. The molecular weight excluding hydrogens is 210 g/mol. The minimum atomic E-state index is 0.0991. The predicted molar refractivity (Wildman–Crippen MR) is 58.0 cm³/mol. The number of rotatable bonds is 8. The number of nitrogens with one attached hydrogen (secondary N) is 1. The van der Waals surface area contributed by atoms with Crippen molar-refractivity contribution in [2.45, 2.75) is 19.5 Å². The van der Waals surface area contributed by atoms with Crippen molar-refractivity contribution in [3.63, 3.8) is 0 Å². The quantitative estimate of drug-likeness (QED) is 0.612. The van der Waals surface area contributed by atoms with E-state index in [0.29, 0.717) is 19.8 Å². The van der Waals surface area contributed by atoms with Gasteiger partial charge < -0.3 is 14.8 Å². The highest BCUT2D eigenvalue weighted by atomic mass is 16.5. The van der Waals surface area contributed by atoms with E-state index < -0.39 is 0 Å². The molecule has 0 saturated carbocycles. The van der Waals surface area contributed by atoms with Crippen molar-refractivity contribution in [1.82, 2.24) is 25.5 Å². The third-order valence-electron chi connectivity index (χ3n) is 2.21. The number of aromatic nitrogens is 4. The molecule has 16 heavy (non-hydrogen) atoms. The lowest BCUT2D eigenvalue weighted by atomic mass is 10.3. The molecule has 0 fully saturated rings. The van der Waals surface area contributed by atoms with Gasteiger partial charge in [0.05, 0.1) is 25.8 Å². The van der Waals surface area contributed by atoms with E-state index in [1.54, 1.807) is 18.9 Å². The van der Waals surface area contributed by atoms with E-state index in [-0.39, 0.29) is 6.04 Å². The van der Waals surface area contributed by atoms with Gasteiger partial charge in [-0.25, -0.2) is 4.68 Å². The van der Waals surface area contributed by atoms with Gasteiger partial charge in [0.1, 0.15) is 0 Å². The van der Waals surface area contributed by atoms with E-state index >= 15 is 0 Å². The maximum absolute atomic E-state index is 4.99. The van der Waals surface area contributed by atoms with Gasteiger partial charge >= 0.3 is 0 Å². The second kappa shape index (κ2) is 7.26. The van der Waals surface area contributed by atoms with Gasteiger partial charge in [0.25, 0.3) is 0 Å². The molecule has 0 aliphatic rings. The van der Waals surface area contributed by atoms with E-state index in [1.807, 2.05) is 6.92 Å². The van der Waals surface area contributed by atoms with Crippen molar-refractivity contribution in [2.75, 3.05) is 34.0 Å². The molecule has 1 unspecified atom stereocenters. The molecule has 92 valence electrons. The molecule has 1 aromatic rings. The van der Waals surface area contributed by atoms with Crippen LogP contribution in [0, 0.1) is 0 Å². The Kier molecular flexibility index (Phi) is 5.91. The molecular formula is C9H19N5O2. The summed E-state index contributed by atoms with van der Waals surface area (Å²) < 4.78 is 11.7. The summed E-state index contributed by atoms with van der Waals surface area (Å²) in [6.07, 6.45) is 0. The van der Waals surface area contributed by atoms with E-state index in [1.165, 1.54) is 0 Å². The van der Waals surface area contributed by atoms with Crippen molar-refractivity contribution >= 4 is 0 Å². The molecule has 1 rings (SSSR count). The lowest BCUT2D eigenvalue weighted by Crippen LogP contribution is -2.26. The Morgan fingerprint density at radius 3 is 2.75 bits per heavy atom. The fraction of sp³-hybridized carbons (Fsp3) is 0.889. The summed E-state index contributed by atoms with van der Waals surface area (Å²) in [5.74, 6) is 0.813. The third kappa shape index (κ3) is 3.84. The van der Waals surface area contributed by atoms with Gasteiger partial charge in [0.15, 0.2) is 5.82 Å². The zero-order valence-electron chi connectivity index (χ0n) is 10.0. The van der Waals surface area contributed by atoms with Crippen LogP contribution in [0.2, 0.25) is 0 Å². The first kappa shape index (κ1) is 13.0. The molecule has 0 spiro atoms. The van der Waals surface area contributed by atoms with Crippen LogP contribution in [0.15, 0.2) is 0 Å². The van der Waals surface area contributed by atoms with Gasteiger partial charge in [-0.1, -0.05) is 0 Å². The monoisotopic (exact) mass is 229 g/mol. The zero-order chi connectivity index (χ0) is 11.8. The van der Waals surface area contributed by atoms with Crippen LogP contribution in [-0.4, -0.2) is 54.2 Å². The fourth-order valence-electron chi connectivity index (χ4n) is 1.33. The minimum absolute atomic E-state index is 0.0991. The molecule has 7 heteroatoms. The van der Waals surface area contributed by atoms with Crippen LogP contribution in [0.4, 0.5) is 0 Å². The first-order valence-corrected chi connectivity index (χ1v) is 5.27. The van der Waals surface area contributed by atoms with Gasteiger partial charge in [-0.3, -0.25) is 0 Å². The molecule has 0 aromatic carbocycles. The SMILES string of the molecule is COCCNC(C)c1nnnn1CCOC. The number of ether oxygens (including phenoxy) is 2. The van der Waals surface area contributed by atoms with Crippen molar-refractivity contribution in [1.29, 1.82) is 0 Å². The lowest BCUT2D eigenvalue weighted by molar-refractivity contribution is 0.179. The second-order valence-electron chi connectivity index (χ2n) is 3.42. The molecule has 1 heterocycles. The van der Waals surface area contributed by atoms with Crippen LogP contribution < -0.4 is 5.32 Å². The first-order chi connectivity index (χ1) is 7.79. The van der Waals surface area contributed by atoms with Gasteiger partial charge in [-0.15, -0.1) is 5.10 Å². The van der Waals surface area contributed by atoms with Gasteiger partial charge in [-0.05, 0) is 17.4 Å². The van der Waals surface area contributed by atoms with Crippen LogP contribution in [0.5, 0.6) is 0 Å². The van der Waals surface area contributed by atoms with E-state index in [2.05, 4.69) is 20.8 Å². The summed E-state index contributed by atoms with van der Waals surface area (Å²) in [6.45, 7) is 4.72. The molecule has 0 saturated heterocycles. The third-order valence-corrected chi connectivity index (χ3v) is 2.21. The number of tetrazole rings is 1. The Labute approximate surface area is 95.1 Å². The van der Waals surface area contributed by atoms with Crippen molar-refractivity contribution in [3.05, 3.63) is 5.82 Å². The van der Waals surface area contributed by atoms with Gasteiger partial charge in [0, 0.05) is 20.8 Å². The molecule has 0 aliphatic heterocycles. The van der Waals surface area contributed by atoms with Crippen molar-refractivity contribution < 1.29 is 9.47 Å². The summed E-state index contributed by atoms with van der Waals surface area (Å²) in [4.78, 5) is 0. The summed E-state index contributed by atoms with van der Waals surface area (Å²) in [5, 5.41) is 14.8. The molecule has 0 bridgehead atoms. The topological polar surface area (TPSA) is 74.1 Å². The number of hydrogen-bond donors (Lipinski definition) is 1. The highest BCUT2D eigenvalue weighted by Crippen LogP contribution is 2.06. The van der Waals surface area contributed by atoms with E-state index in [4.69, 9.17) is 9.47 Å². The van der Waals surface area contributed by atoms with Crippen LogP contribution in [0.1, 0.15) is 18.8 Å². The fourth-order valence-corrected chi connectivity index (χ4v) is 1.33. The highest BCUT2D eigenvalue weighted by molar-refractivity contribution is 4.89. The average Bonchev–Trinajstić information content (AvgIpc) is 2.74. The second-order valence-corrected chi connectivity index (χ2v) is 3.42. The first-order valence-electron chi connectivity index (χ1n) is 5.27. The summed E-state index contributed by atoms with van der Waals surface area (Å²) in [7, 11) is 3.33.